The number of ether oxygens (including phenoxy) is 2. The average molecular weight is 415 g/mol. The number of furan rings is 1. The maximum atomic E-state index is 12.6. The van der Waals surface area contributed by atoms with E-state index in [9.17, 15) is 13.6 Å². The van der Waals surface area contributed by atoms with Gasteiger partial charge in [-0.15, -0.1) is 0 Å². The molecule has 0 atom stereocenters. The van der Waals surface area contributed by atoms with Gasteiger partial charge >= 0.3 is 6.61 Å². The van der Waals surface area contributed by atoms with E-state index in [2.05, 4.69) is 17.0 Å². The number of carbonyl (C=O) groups is 1. The van der Waals surface area contributed by atoms with Crippen molar-refractivity contribution in [1.82, 2.24) is 0 Å². The van der Waals surface area contributed by atoms with Gasteiger partial charge in [-0.3, -0.25) is 4.79 Å². The Kier molecular flexibility index (Phi) is 7.06. The Labute approximate surface area is 173 Å². The zero-order valence-corrected chi connectivity index (χ0v) is 16.8. The van der Waals surface area contributed by atoms with Crippen molar-refractivity contribution in [2.45, 2.75) is 39.9 Å². The van der Waals surface area contributed by atoms with Crippen LogP contribution in [0.3, 0.4) is 0 Å². The lowest BCUT2D eigenvalue weighted by molar-refractivity contribution is -0.0494. The third-order valence-electron chi connectivity index (χ3n) is 4.33. The van der Waals surface area contributed by atoms with E-state index in [0.717, 1.165) is 18.4 Å². The van der Waals surface area contributed by atoms with Gasteiger partial charge in [-0.2, -0.15) is 8.78 Å². The molecule has 5 nitrogen and oxygen atoms in total. The predicted molar refractivity (Wildman–Crippen MR) is 109 cm³/mol. The van der Waals surface area contributed by atoms with Crippen LogP contribution in [0.5, 0.6) is 11.5 Å². The van der Waals surface area contributed by atoms with Crippen LogP contribution in [-0.2, 0) is 13.0 Å². The Morgan fingerprint density at radius 2 is 1.87 bits per heavy atom. The van der Waals surface area contributed by atoms with Crippen molar-refractivity contribution in [2.75, 3.05) is 5.32 Å². The molecule has 0 aliphatic carbocycles. The molecule has 0 aliphatic rings. The number of hydrogen-bond acceptors (Lipinski definition) is 4. The average Bonchev–Trinajstić information content (AvgIpc) is 3.18. The summed E-state index contributed by atoms with van der Waals surface area (Å²) in [6.07, 6.45) is 2.10. The lowest BCUT2D eigenvalue weighted by Crippen LogP contribution is -2.13. The topological polar surface area (TPSA) is 60.7 Å². The zero-order chi connectivity index (χ0) is 21.5. The van der Waals surface area contributed by atoms with Gasteiger partial charge in [0.25, 0.3) is 5.91 Å². The number of benzene rings is 2. The third-order valence-corrected chi connectivity index (χ3v) is 4.33. The van der Waals surface area contributed by atoms with Gasteiger partial charge in [0, 0.05) is 0 Å². The summed E-state index contributed by atoms with van der Waals surface area (Å²) < 4.78 is 40.9. The highest BCUT2D eigenvalue weighted by Gasteiger charge is 2.16. The van der Waals surface area contributed by atoms with E-state index in [0.29, 0.717) is 11.5 Å². The van der Waals surface area contributed by atoms with Gasteiger partial charge in [0.1, 0.15) is 23.9 Å². The van der Waals surface area contributed by atoms with E-state index in [-0.39, 0.29) is 23.8 Å². The first kappa shape index (κ1) is 21.4. The SMILES string of the molecule is CCCc1ccc(OCc2ccc(C(=O)Nc3ccc(C)cc3OC(F)F)o2)cc1. The second-order valence-electron chi connectivity index (χ2n) is 6.78. The van der Waals surface area contributed by atoms with Crippen molar-refractivity contribution in [3.63, 3.8) is 0 Å². The first-order valence-corrected chi connectivity index (χ1v) is 9.62. The van der Waals surface area contributed by atoms with Crippen molar-refractivity contribution in [3.05, 3.63) is 77.2 Å². The Balaban J connectivity index is 1.61. The Morgan fingerprint density at radius 1 is 1.10 bits per heavy atom. The van der Waals surface area contributed by atoms with Gasteiger partial charge in [-0.25, -0.2) is 0 Å². The van der Waals surface area contributed by atoms with Crippen molar-refractivity contribution >= 4 is 11.6 Å². The first-order chi connectivity index (χ1) is 14.4. The fourth-order valence-electron chi connectivity index (χ4n) is 2.88. The second-order valence-corrected chi connectivity index (χ2v) is 6.78. The largest absolute Gasteiger partial charge is 0.486 e. The molecule has 0 unspecified atom stereocenters. The predicted octanol–water partition coefficient (Wildman–Crippen LogP) is 5.97. The molecule has 0 bridgehead atoms. The number of aryl methyl sites for hydroxylation is 2. The lowest BCUT2D eigenvalue weighted by Gasteiger charge is -2.12. The lowest BCUT2D eigenvalue weighted by atomic mass is 10.1. The maximum absolute atomic E-state index is 12.6. The normalized spacial score (nSPS) is 10.8. The number of anilines is 1. The molecule has 0 aliphatic heterocycles. The quantitative estimate of drug-likeness (QED) is 0.467. The molecule has 0 fully saturated rings. The summed E-state index contributed by atoms with van der Waals surface area (Å²) in [5.41, 5.74) is 2.10. The van der Waals surface area contributed by atoms with Crippen molar-refractivity contribution in [2.24, 2.45) is 0 Å². The number of halogens is 2. The second kappa shape index (κ2) is 9.91. The van der Waals surface area contributed by atoms with Gasteiger partial charge in [-0.1, -0.05) is 31.5 Å². The number of amides is 1. The van der Waals surface area contributed by atoms with Crippen LogP contribution < -0.4 is 14.8 Å². The molecule has 0 saturated heterocycles. The number of nitrogens with one attached hydrogen (secondary N) is 1. The van der Waals surface area contributed by atoms with Crippen LogP contribution in [0.25, 0.3) is 0 Å². The van der Waals surface area contributed by atoms with E-state index in [1.807, 2.05) is 24.3 Å². The van der Waals surface area contributed by atoms with Crippen molar-refractivity contribution < 1.29 is 27.5 Å². The Morgan fingerprint density at radius 3 is 2.57 bits per heavy atom. The minimum absolute atomic E-state index is 0.0375. The van der Waals surface area contributed by atoms with E-state index in [1.54, 1.807) is 19.1 Å². The highest BCUT2D eigenvalue weighted by Crippen LogP contribution is 2.28. The smallest absolute Gasteiger partial charge is 0.387 e. The molecule has 7 heteroatoms. The summed E-state index contributed by atoms with van der Waals surface area (Å²) in [6, 6.07) is 15.6. The summed E-state index contributed by atoms with van der Waals surface area (Å²) in [5, 5.41) is 2.53. The van der Waals surface area contributed by atoms with E-state index in [4.69, 9.17) is 9.15 Å². The standard InChI is InChI=1S/C23H23F2NO4/c1-3-4-16-6-8-17(9-7-16)28-14-18-10-12-20(29-18)22(27)26-19-11-5-15(2)13-21(19)30-23(24)25/h5-13,23H,3-4,14H2,1-2H3,(H,26,27). The van der Waals surface area contributed by atoms with Crippen LogP contribution in [0, 0.1) is 6.92 Å². The van der Waals surface area contributed by atoms with Crippen LogP contribution in [0.1, 0.15) is 40.8 Å². The number of carbonyl (C=O) groups excluding carboxylic acids is 1. The Hall–Kier alpha value is -3.35. The van der Waals surface area contributed by atoms with Crippen LogP contribution >= 0.6 is 0 Å². The molecule has 1 aromatic heterocycles. The van der Waals surface area contributed by atoms with E-state index >= 15 is 0 Å². The molecule has 2 aromatic carbocycles. The summed E-state index contributed by atoms with van der Waals surface area (Å²) in [7, 11) is 0. The van der Waals surface area contributed by atoms with Gasteiger partial charge in [0.15, 0.2) is 5.76 Å². The number of hydrogen-bond donors (Lipinski definition) is 1. The molecule has 1 heterocycles. The minimum atomic E-state index is -2.99. The molecule has 0 saturated carbocycles. The highest BCUT2D eigenvalue weighted by molar-refractivity contribution is 6.03. The monoisotopic (exact) mass is 415 g/mol. The van der Waals surface area contributed by atoms with Crippen LogP contribution in [0.2, 0.25) is 0 Å². The van der Waals surface area contributed by atoms with Gasteiger partial charge < -0.3 is 19.2 Å². The van der Waals surface area contributed by atoms with Crippen LogP contribution in [0.15, 0.2) is 59.0 Å². The third kappa shape index (κ3) is 5.83. The van der Waals surface area contributed by atoms with E-state index in [1.165, 1.54) is 23.8 Å². The summed E-state index contributed by atoms with van der Waals surface area (Å²) >= 11 is 0. The molecule has 3 rings (SSSR count). The van der Waals surface area contributed by atoms with E-state index < -0.39 is 12.5 Å². The molecule has 158 valence electrons. The number of alkyl halides is 2. The zero-order valence-electron chi connectivity index (χ0n) is 16.8. The molecular weight excluding hydrogens is 392 g/mol. The highest BCUT2D eigenvalue weighted by atomic mass is 19.3. The van der Waals surface area contributed by atoms with Crippen LogP contribution in [-0.4, -0.2) is 12.5 Å². The molecule has 30 heavy (non-hydrogen) atoms. The van der Waals surface area contributed by atoms with Gasteiger partial charge in [-0.05, 0) is 60.9 Å². The Bertz CT molecular complexity index is 983. The summed E-state index contributed by atoms with van der Waals surface area (Å²) in [4.78, 5) is 12.4. The van der Waals surface area contributed by atoms with Crippen molar-refractivity contribution in [1.29, 1.82) is 0 Å². The molecular formula is C23H23F2NO4. The first-order valence-electron chi connectivity index (χ1n) is 9.62. The molecule has 3 aromatic rings. The number of rotatable bonds is 9. The minimum Gasteiger partial charge on any atom is -0.486 e. The molecule has 1 N–H and O–H groups in total. The molecule has 0 spiro atoms. The summed E-state index contributed by atoms with van der Waals surface area (Å²) in [5.74, 6) is 0.514. The molecule has 1 amide bonds. The summed E-state index contributed by atoms with van der Waals surface area (Å²) in [6.45, 7) is 1.02. The van der Waals surface area contributed by atoms with Gasteiger partial charge in [0.2, 0.25) is 0 Å². The fraction of sp³-hybridized carbons (Fsp3) is 0.261. The van der Waals surface area contributed by atoms with Crippen LogP contribution in [0.4, 0.5) is 14.5 Å². The fourth-order valence-corrected chi connectivity index (χ4v) is 2.88. The van der Waals surface area contributed by atoms with Gasteiger partial charge in [0.05, 0.1) is 5.69 Å². The molecule has 0 radical (unpaired) electrons. The maximum Gasteiger partial charge on any atom is 0.387 e. The van der Waals surface area contributed by atoms with Crippen molar-refractivity contribution in [3.8, 4) is 11.5 Å².